The number of rotatable bonds is 4. The molecular weight excluding hydrogens is 290 g/mol. The predicted molar refractivity (Wildman–Crippen MR) is 82.8 cm³/mol. The second-order valence-electron chi connectivity index (χ2n) is 5.19. The Bertz CT molecular complexity index is 550. The van der Waals surface area contributed by atoms with Crippen LogP contribution in [0, 0.1) is 16.0 Å². The second kappa shape index (κ2) is 6.91. The lowest BCUT2D eigenvalue weighted by atomic mass is 9.94. The van der Waals surface area contributed by atoms with Gasteiger partial charge in [-0.3, -0.25) is 14.9 Å². The van der Waals surface area contributed by atoms with Crippen molar-refractivity contribution >= 4 is 23.4 Å². The smallest absolute Gasteiger partial charge is 0.282 e. The van der Waals surface area contributed by atoms with Gasteiger partial charge in [-0.2, -0.15) is 0 Å². The van der Waals surface area contributed by atoms with Crippen LogP contribution in [0.15, 0.2) is 23.1 Å². The summed E-state index contributed by atoms with van der Waals surface area (Å²) in [6, 6.07) is 4.64. The third kappa shape index (κ3) is 3.74. The first-order valence-corrected chi connectivity index (χ1v) is 8.09. The molecule has 1 aromatic carbocycles. The molecule has 0 radical (unpaired) electrons. The van der Waals surface area contributed by atoms with Crippen molar-refractivity contribution in [1.29, 1.82) is 0 Å². The standard InChI is InChI=1S/C14H19N3O3S/c1-9-5-6-15-8-12(9)16-14(18)11-7-10(21-2)3-4-13(11)17(19)20/h3-4,7,9,12,15H,5-6,8H2,1-2H3,(H,16,18). The first kappa shape index (κ1) is 15.8. The zero-order valence-electron chi connectivity index (χ0n) is 12.1. The Kier molecular flexibility index (Phi) is 5.19. The number of nitro groups is 1. The lowest BCUT2D eigenvalue weighted by Gasteiger charge is -2.30. The van der Waals surface area contributed by atoms with Crippen LogP contribution >= 0.6 is 11.8 Å². The van der Waals surface area contributed by atoms with E-state index < -0.39 is 4.92 Å². The molecule has 1 amide bonds. The van der Waals surface area contributed by atoms with Gasteiger partial charge < -0.3 is 10.6 Å². The van der Waals surface area contributed by atoms with Crippen LogP contribution in [-0.2, 0) is 0 Å². The fraction of sp³-hybridized carbons (Fsp3) is 0.500. The number of carbonyl (C=O) groups excluding carboxylic acids is 1. The van der Waals surface area contributed by atoms with Crippen LogP contribution in [0.25, 0.3) is 0 Å². The normalized spacial score (nSPS) is 21.8. The highest BCUT2D eigenvalue weighted by molar-refractivity contribution is 7.98. The summed E-state index contributed by atoms with van der Waals surface area (Å²) in [6.07, 6.45) is 2.86. The van der Waals surface area contributed by atoms with Crippen LogP contribution < -0.4 is 10.6 Å². The zero-order chi connectivity index (χ0) is 15.4. The number of hydrogen-bond acceptors (Lipinski definition) is 5. The molecule has 0 aliphatic carbocycles. The first-order chi connectivity index (χ1) is 10.0. The summed E-state index contributed by atoms with van der Waals surface area (Å²) >= 11 is 1.45. The highest BCUT2D eigenvalue weighted by atomic mass is 32.2. The fourth-order valence-electron chi connectivity index (χ4n) is 2.41. The molecule has 2 atom stereocenters. The third-order valence-electron chi connectivity index (χ3n) is 3.79. The number of benzene rings is 1. The van der Waals surface area contributed by atoms with E-state index in [0.717, 1.165) is 17.9 Å². The van der Waals surface area contributed by atoms with Crippen molar-refractivity contribution in [2.24, 2.45) is 5.92 Å². The fourth-order valence-corrected chi connectivity index (χ4v) is 2.85. The summed E-state index contributed by atoms with van der Waals surface area (Å²) < 4.78 is 0. The molecule has 6 nitrogen and oxygen atoms in total. The van der Waals surface area contributed by atoms with E-state index in [1.807, 2.05) is 6.26 Å². The van der Waals surface area contributed by atoms with Crippen molar-refractivity contribution in [1.82, 2.24) is 10.6 Å². The minimum absolute atomic E-state index is 0.00351. The van der Waals surface area contributed by atoms with E-state index in [1.165, 1.54) is 17.8 Å². The molecule has 1 aliphatic rings. The number of nitrogens with one attached hydrogen (secondary N) is 2. The molecule has 2 unspecified atom stereocenters. The summed E-state index contributed by atoms with van der Waals surface area (Å²) in [5.41, 5.74) is -0.0219. The van der Waals surface area contributed by atoms with Crippen LogP contribution in [0.5, 0.6) is 0 Å². The number of piperidine rings is 1. The van der Waals surface area contributed by atoms with Gasteiger partial charge in [0.25, 0.3) is 11.6 Å². The molecule has 1 fully saturated rings. The number of amides is 1. The van der Waals surface area contributed by atoms with Crippen LogP contribution in [0.3, 0.4) is 0 Å². The molecule has 0 bridgehead atoms. The van der Waals surface area contributed by atoms with E-state index in [-0.39, 0.29) is 23.2 Å². The molecule has 114 valence electrons. The summed E-state index contributed by atoms with van der Waals surface area (Å²) in [5.74, 6) is -0.0175. The molecule has 1 heterocycles. The zero-order valence-corrected chi connectivity index (χ0v) is 12.9. The molecule has 1 aromatic rings. The van der Waals surface area contributed by atoms with Gasteiger partial charge in [0.15, 0.2) is 0 Å². The minimum Gasteiger partial charge on any atom is -0.348 e. The van der Waals surface area contributed by atoms with Crippen molar-refractivity contribution in [3.63, 3.8) is 0 Å². The quantitative estimate of drug-likeness (QED) is 0.505. The Morgan fingerprint density at radius 2 is 2.29 bits per heavy atom. The molecule has 1 saturated heterocycles. The van der Waals surface area contributed by atoms with Gasteiger partial charge in [0.1, 0.15) is 5.56 Å². The first-order valence-electron chi connectivity index (χ1n) is 6.87. The molecule has 0 aromatic heterocycles. The van der Waals surface area contributed by atoms with Gasteiger partial charge in [0.2, 0.25) is 0 Å². The highest BCUT2D eigenvalue weighted by Crippen LogP contribution is 2.25. The van der Waals surface area contributed by atoms with Gasteiger partial charge in [-0.1, -0.05) is 6.92 Å². The van der Waals surface area contributed by atoms with Gasteiger partial charge in [0.05, 0.1) is 4.92 Å². The highest BCUT2D eigenvalue weighted by Gasteiger charge is 2.26. The largest absolute Gasteiger partial charge is 0.348 e. The van der Waals surface area contributed by atoms with Crippen molar-refractivity contribution in [2.45, 2.75) is 24.3 Å². The topological polar surface area (TPSA) is 84.3 Å². The number of thioether (sulfide) groups is 1. The van der Waals surface area contributed by atoms with Crippen LogP contribution in [0.4, 0.5) is 5.69 Å². The van der Waals surface area contributed by atoms with Crippen LogP contribution in [0.1, 0.15) is 23.7 Å². The molecular formula is C14H19N3O3S. The summed E-state index contributed by atoms with van der Waals surface area (Å²) in [4.78, 5) is 23.8. The van der Waals surface area contributed by atoms with Crippen molar-refractivity contribution in [3.8, 4) is 0 Å². The Labute approximate surface area is 127 Å². The van der Waals surface area contributed by atoms with Gasteiger partial charge in [-0.25, -0.2) is 0 Å². The second-order valence-corrected chi connectivity index (χ2v) is 6.07. The Morgan fingerprint density at radius 3 is 2.90 bits per heavy atom. The lowest BCUT2D eigenvalue weighted by molar-refractivity contribution is -0.385. The maximum absolute atomic E-state index is 12.4. The van der Waals surface area contributed by atoms with Crippen molar-refractivity contribution < 1.29 is 9.72 Å². The maximum Gasteiger partial charge on any atom is 0.282 e. The summed E-state index contributed by atoms with van der Waals surface area (Å²) in [6.45, 7) is 3.72. The average molecular weight is 309 g/mol. The average Bonchev–Trinajstić information content (AvgIpc) is 2.48. The van der Waals surface area contributed by atoms with E-state index in [4.69, 9.17) is 0 Å². The van der Waals surface area contributed by atoms with Gasteiger partial charge in [-0.05, 0) is 37.3 Å². The SMILES string of the molecule is CSc1ccc([N+](=O)[O-])c(C(=O)NC2CNCCC2C)c1. The molecule has 0 spiro atoms. The predicted octanol–water partition coefficient (Wildman–Crippen LogP) is 2.04. The molecule has 2 rings (SSSR count). The number of hydrogen-bond donors (Lipinski definition) is 2. The van der Waals surface area contributed by atoms with E-state index in [9.17, 15) is 14.9 Å². The minimum atomic E-state index is -0.512. The molecule has 1 aliphatic heterocycles. The maximum atomic E-state index is 12.4. The number of nitro benzene ring substituents is 1. The molecule has 0 saturated carbocycles. The van der Waals surface area contributed by atoms with Crippen LogP contribution in [-0.4, -0.2) is 36.2 Å². The summed E-state index contributed by atoms with van der Waals surface area (Å²) in [7, 11) is 0. The van der Waals surface area contributed by atoms with E-state index in [2.05, 4.69) is 17.6 Å². The van der Waals surface area contributed by atoms with Crippen molar-refractivity contribution in [3.05, 3.63) is 33.9 Å². The van der Waals surface area contributed by atoms with E-state index in [1.54, 1.807) is 12.1 Å². The molecule has 2 N–H and O–H groups in total. The Balaban J connectivity index is 2.22. The molecule has 21 heavy (non-hydrogen) atoms. The third-order valence-corrected chi connectivity index (χ3v) is 4.51. The summed E-state index contributed by atoms with van der Waals surface area (Å²) in [5, 5.41) is 17.2. The Hall–Kier alpha value is -1.60. The van der Waals surface area contributed by atoms with E-state index >= 15 is 0 Å². The van der Waals surface area contributed by atoms with Crippen LogP contribution in [0.2, 0.25) is 0 Å². The van der Waals surface area contributed by atoms with Gasteiger partial charge in [-0.15, -0.1) is 11.8 Å². The van der Waals surface area contributed by atoms with Gasteiger partial charge in [0, 0.05) is 23.5 Å². The Morgan fingerprint density at radius 1 is 1.52 bits per heavy atom. The lowest BCUT2D eigenvalue weighted by Crippen LogP contribution is -2.50. The monoisotopic (exact) mass is 309 g/mol. The van der Waals surface area contributed by atoms with Crippen molar-refractivity contribution in [2.75, 3.05) is 19.3 Å². The molecule has 7 heteroatoms. The number of carbonyl (C=O) groups is 1. The van der Waals surface area contributed by atoms with Gasteiger partial charge >= 0.3 is 0 Å². The number of nitrogens with zero attached hydrogens (tertiary/aromatic N) is 1. The van der Waals surface area contributed by atoms with E-state index in [0.29, 0.717) is 12.5 Å².